The summed E-state index contributed by atoms with van der Waals surface area (Å²) in [5.41, 5.74) is 6.15. The van der Waals surface area contributed by atoms with Crippen molar-refractivity contribution in [3.05, 3.63) is 113 Å². The van der Waals surface area contributed by atoms with Crippen molar-refractivity contribution in [2.75, 3.05) is 31.5 Å². The molecule has 0 aliphatic carbocycles. The molecule has 5 aromatic rings. The Kier molecular flexibility index (Phi) is 6.94. The van der Waals surface area contributed by atoms with Crippen LogP contribution in [0.2, 0.25) is 5.02 Å². The van der Waals surface area contributed by atoms with Crippen LogP contribution in [-0.2, 0) is 0 Å². The largest absolute Gasteiger partial charge is 0.493 e. The minimum atomic E-state index is -0.373. The number of aromatic nitrogens is 2. The van der Waals surface area contributed by atoms with Crippen molar-refractivity contribution in [2.24, 2.45) is 9.98 Å². The minimum absolute atomic E-state index is 0.373. The fourth-order valence-electron chi connectivity index (χ4n) is 5.79. The molecular formula is C34H29ClN6O3. The second-order valence-electron chi connectivity index (χ2n) is 10.3. The maximum absolute atomic E-state index is 6.20. The maximum atomic E-state index is 6.20. The zero-order valence-corrected chi connectivity index (χ0v) is 25.3. The topological polar surface area (TPSA) is 85.5 Å². The number of nitrogens with zero attached hydrogens (tertiary/aromatic N) is 5. The van der Waals surface area contributed by atoms with Crippen molar-refractivity contribution in [2.45, 2.75) is 13.0 Å². The molecule has 0 unspecified atom stereocenters. The van der Waals surface area contributed by atoms with E-state index in [4.69, 9.17) is 40.9 Å². The van der Waals surface area contributed by atoms with Crippen LogP contribution in [0.4, 0.5) is 22.9 Å². The third-order valence-corrected chi connectivity index (χ3v) is 8.00. The van der Waals surface area contributed by atoms with E-state index in [1.807, 2.05) is 96.5 Å². The number of halogens is 1. The van der Waals surface area contributed by atoms with Gasteiger partial charge in [0.2, 0.25) is 5.75 Å². The third kappa shape index (κ3) is 4.53. The molecule has 2 aliphatic heterocycles. The van der Waals surface area contributed by atoms with E-state index in [1.54, 1.807) is 21.3 Å². The van der Waals surface area contributed by atoms with E-state index < -0.39 is 0 Å². The lowest BCUT2D eigenvalue weighted by molar-refractivity contribution is 0.323. The number of hydrogen-bond donors (Lipinski definition) is 1. The number of aryl methyl sites for hydroxylation is 1. The van der Waals surface area contributed by atoms with Crippen molar-refractivity contribution in [3.8, 4) is 22.9 Å². The summed E-state index contributed by atoms with van der Waals surface area (Å²) >= 11 is 6.20. The average Bonchev–Trinajstić information content (AvgIpc) is 3.40. The van der Waals surface area contributed by atoms with E-state index in [1.165, 1.54) is 0 Å². The number of hydrogen-bond acceptors (Lipinski definition) is 8. The van der Waals surface area contributed by atoms with E-state index in [-0.39, 0.29) is 6.04 Å². The Morgan fingerprint density at radius 3 is 2.16 bits per heavy atom. The minimum Gasteiger partial charge on any atom is -0.493 e. The van der Waals surface area contributed by atoms with Gasteiger partial charge in [-0.2, -0.15) is 5.10 Å². The van der Waals surface area contributed by atoms with Gasteiger partial charge in [-0.1, -0.05) is 41.9 Å². The van der Waals surface area contributed by atoms with Crippen LogP contribution >= 0.6 is 11.6 Å². The first-order chi connectivity index (χ1) is 21.5. The summed E-state index contributed by atoms with van der Waals surface area (Å²) in [7, 11) is 4.84. The van der Waals surface area contributed by atoms with Gasteiger partial charge < -0.3 is 24.4 Å². The molecule has 0 fully saturated rings. The normalized spacial score (nSPS) is 14.9. The molecule has 1 N–H and O–H groups in total. The highest BCUT2D eigenvalue weighted by Gasteiger charge is 2.42. The summed E-state index contributed by atoms with van der Waals surface area (Å²) < 4.78 is 19.2. The first kappa shape index (κ1) is 27.5. The highest BCUT2D eigenvalue weighted by atomic mass is 35.5. The van der Waals surface area contributed by atoms with Crippen LogP contribution in [0, 0.1) is 6.92 Å². The first-order valence-electron chi connectivity index (χ1n) is 14.0. The monoisotopic (exact) mass is 604 g/mol. The predicted octanol–water partition coefficient (Wildman–Crippen LogP) is 7.66. The number of fused-ring (bicyclic) bond motifs is 4. The molecule has 10 heteroatoms. The molecule has 0 bridgehead atoms. The van der Waals surface area contributed by atoms with E-state index in [2.05, 4.69) is 16.3 Å². The fourth-order valence-corrected chi connectivity index (χ4v) is 5.92. The molecule has 1 atom stereocenters. The summed E-state index contributed by atoms with van der Waals surface area (Å²) in [5, 5.41) is 9.16. The Balaban J connectivity index is 1.52. The van der Waals surface area contributed by atoms with Gasteiger partial charge in [-0.25, -0.2) is 14.7 Å². The summed E-state index contributed by atoms with van der Waals surface area (Å²) in [6.45, 7) is 2.01. The van der Waals surface area contributed by atoms with Gasteiger partial charge in [-0.05, 0) is 73.2 Å². The number of para-hydroxylation sites is 3. The zero-order chi connectivity index (χ0) is 30.4. The molecular weight excluding hydrogens is 576 g/mol. The number of aliphatic imine (C=N–C) groups is 2. The molecule has 2 aliphatic rings. The van der Waals surface area contributed by atoms with Crippen molar-refractivity contribution in [1.82, 2.24) is 9.78 Å². The lowest BCUT2D eigenvalue weighted by atomic mass is 9.92. The van der Waals surface area contributed by atoms with Crippen molar-refractivity contribution >= 4 is 46.2 Å². The SMILES string of the molecule is COc1cc([C@@H]2c3c(C)nn(-c4ccccc4)c3N=C3C(Nc4ccc(Cl)cc4)=Nc4ccccc4N32)cc(OC)c1OC. The second-order valence-corrected chi connectivity index (χ2v) is 10.8. The number of anilines is 2. The molecule has 3 heterocycles. The van der Waals surface area contributed by atoms with Gasteiger partial charge >= 0.3 is 0 Å². The Morgan fingerprint density at radius 2 is 1.48 bits per heavy atom. The van der Waals surface area contributed by atoms with Crippen molar-refractivity contribution < 1.29 is 14.2 Å². The van der Waals surface area contributed by atoms with Crippen molar-refractivity contribution in [1.29, 1.82) is 0 Å². The van der Waals surface area contributed by atoms with Gasteiger partial charge in [0.05, 0.1) is 50.1 Å². The molecule has 1 aromatic heterocycles. The molecule has 4 aromatic carbocycles. The van der Waals surface area contributed by atoms with Crippen LogP contribution in [0.25, 0.3) is 5.69 Å². The number of ether oxygens (including phenoxy) is 3. The van der Waals surface area contributed by atoms with Crippen LogP contribution < -0.4 is 24.4 Å². The number of amidine groups is 2. The smallest absolute Gasteiger partial charge is 0.203 e. The van der Waals surface area contributed by atoms with Gasteiger partial charge in [0.1, 0.15) is 0 Å². The third-order valence-electron chi connectivity index (χ3n) is 7.75. The highest BCUT2D eigenvalue weighted by Crippen LogP contribution is 2.50. The Hall–Kier alpha value is -5.28. The van der Waals surface area contributed by atoms with E-state index in [0.29, 0.717) is 39.8 Å². The quantitative estimate of drug-likeness (QED) is 0.214. The molecule has 0 saturated heterocycles. The number of methoxy groups -OCH3 is 3. The van der Waals surface area contributed by atoms with Crippen molar-refractivity contribution in [3.63, 3.8) is 0 Å². The van der Waals surface area contributed by atoms with Gasteiger partial charge in [0.25, 0.3) is 0 Å². The summed E-state index contributed by atoms with van der Waals surface area (Å²) in [6, 6.07) is 29.1. The molecule has 220 valence electrons. The second kappa shape index (κ2) is 11.1. The molecule has 44 heavy (non-hydrogen) atoms. The lowest BCUT2D eigenvalue weighted by Crippen LogP contribution is -2.46. The van der Waals surface area contributed by atoms with Crippen LogP contribution in [0.15, 0.2) is 101 Å². The van der Waals surface area contributed by atoms with E-state index >= 15 is 0 Å². The van der Waals surface area contributed by atoms with Crippen LogP contribution in [0.3, 0.4) is 0 Å². The molecule has 0 amide bonds. The van der Waals surface area contributed by atoms with Gasteiger partial charge in [-0.15, -0.1) is 0 Å². The molecule has 0 spiro atoms. The number of benzene rings is 4. The number of nitrogens with one attached hydrogen (secondary N) is 1. The van der Waals surface area contributed by atoms with Gasteiger partial charge in [-0.3, -0.25) is 0 Å². The summed E-state index contributed by atoms with van der Waals surface area (Å²) in [4.78, 5) is 12.5. The van der Waals surface area contributed by atoms with Gasteiger partial charge in [0.15, 0.2) is 29.0 Å². The van der Waals surface area contributed by atoms with Crippen LogP contribution in [0.5, 0.6) is 17.2 Å². The highest BCUT2D eigenvalue weighted by molar-refractivity contribution is 6.51. The predicted molar refractivity (Wildman–Crippen MR) is 174 cm³/mol. The average molecular weight is 605 g/mol. The Bertz CT molecular complexity index is 1910. The summed E-state index contributed by atoms with van der Waals surface area (Å²) in [5.74, 6) is 3.57. The van der Waals surface area contributed by atoms with Crippen LogP contribution in [-0.4, -0.2) is 42.8 Å². The van der Waals surface area contributed by atoms with Gasteiger partial charge in [0, 0.05) is 16.3 Å². The Labute approximate surface area is 260 Å². The zero-order valence-electron chi connectivity index (χ0n) is 24.6. The van der Waals surface area contributed by atoms with E-state index in [0.717, 1.165) is 39.6 Å². The molecule has 9 nitrogen and oxygen atoms in total. The molecule has 0 radical (unpaired) electrons. The molecule has 0 saturated carbocycles. The fraction of sp³-hybridized carbons (Fsp3) is 0.147. The lowest BCUT2D eigenvalue weighted by Gasteiger charge is -2.40. The maximum Gasteiger partial charge on any atom is 0.203 e. The van der Waals surface area contributed by atoms with E-state index in [9.17, 15) is 0 Å². The first-order valence-corrected chi connectivity index (χ1v) is 14.4. The molecule has 7 rings (SSSR count). The number of rotatable bonds is 6. The standard InChI is InChI=1S/C34H29ClN6O3/c1-20-29-30(21-18-27(42-2)31(44-4)28(19-21)43-3)40-26-13-9-8-12-25(26)37-32(36-23-16-14-22(35)15-17-23)34(40)38-33(29)41(39-20)24-10-6-5-7-11-24/h5-19,30H,1-4H3,(H,36,37)/t30-/m1/s1. The van der Waals surface area contributed by atoms with Crippen LogP contribution in [0.1, 0.15) is 22.9 Å². The summed E-state index contributed by atoms with van der Waals surface area (Å²) in [6.07, 6.45) is 0. The Morgan fingerprint density at radius 1 is 0.795 bits per heavy atom.